The van der Waals surface area contributed by atoms with Crippen molar-refractivity contribution in [2.45, 2.75) is 6.42 Å². The van der Waals surface area contributed by atoms with Crippen LogP contribution in [0.2, 0.25) is 0 Å². The summed E-state index contributed by atoms with van der Waals surface area (Å²) >= 11 is 6.38. The summed E-state index contributed by atoms with van der Waals surface area (Å²) < 4.78 is 11.7. The van der Waals surface area contributed by atoms with Crippen LogP contribution >= 0.6 is 31.9 Å². The Morgan fingerprint density at radius 2 is 1.22 bits per heavy atom. The van der Waals surface area contributed by atoms with Crippen LogP contribution in [-0.4, -0.2) is 47.8 Å². The topological polar surface area (TPSA) is 66.9 Å². The SMILES string of the molecule is O=C(c1ccc(Br)o1)N1CCCN(C(=O)c2ccc(Br)o2)CC1. The first-order chi connectivity index (χ1) is 11.0. The van der Waals surface area contributed by atoms with E-state index in [1.54, 1.807) is 34.1 Å². The fraction of sp³-hybridized carbons (Fsp3) is 0.333. The predicted octanol–water partition coefficient (Wildman–Crippen LogP) is 3.39. The molecule has 2 amide bonds. The number of hydrogen-bond donors (Lipinski definition) is 0. The summed E-state index contributed by atoms with van der Waals surface area (Å²) in [5.41, 5.74) is 0. The van der Waals surface area contributed by atoms with Gasteiger partial charge in [0.25, 0.3) is 11.8 Å². The average Bonchev–Trinajstić information content (AvgIpc) is 3.07. The molecule has 2 aromatic heterocycles. The van der Waals surface area contributed by atoms with E-state index in [0.717, 1.165) is 0 Å². The molecule has 1 aliphatic heterocycles. The summed E-state index contributed by atoms with van der Waals surface area (Å²) in [7, 11) is 0. The van der Waals surface area contributed by atoms with Gasteiger partial charge in [0.2, 0.25) is 0 Å². The van der Waals surface area contributed by atoms with Crippen molar-refractivity contribution in [3.63, 3.8) is 0 Å². The first kappa shape index (κ1) is 16.3. The standard InChI is InChI=1S/C15H14Br2N2O4/c16-12-4-2-10(22-12)14(20)18-6-1-7-19(9-8-18)15(21)11-3-5-13(17)23-11/h2-5H,1,6-9H2. The van der Waals surface area contributed by atoms with E-state index in [2.05, 4.69) is 31.9 Å². The second-order valence-electron chi connectivity index (χ2n) is 5.15. The van der Waals surface area contributed by atoms with E-state index in [0.29, 0.717) is 53.5 Å². The Morgan fingerprint density at radius 3 is 1.57 bits per heavy atom. The van der Waals surface area contributed by atoms with E-state index in [9.17, 15) is 9.59 Å². The van der Waals surface area contributed by atoms with Gasteiger partial charge in [0, 0.05) is 26.2 Å². The van der Waals surface area contributed by atoms with Crippen LogP contribution in [0.25, 0.3) is 0 Å². The summed E-state index contributed by atoms with van der Waals surface area (Å²) in [6, 6.07) is 6.66. The molecule has 1 saturated heterocycles. The summed E-state index contributed by atoms with van der Waals surface area (Å²) in [4.78, 5) is 28.2. The molecule has 0 spiro atoms. The number of halogens is 2. The Labute approximate surface area is 149 Å². The van der Waals surface area contributed by atoms with Crippen molar-refractivity contribution in [3.8, 4) is 0 Å². The zero-order valence-corrected chi connectivity index (χ0v) is 15.3. The normalized spacial score (nSPS) is 15.6. The maximum atomic E-state index is 12.4. The molecule has 0 N–H and O–H groups in total. The van der Waals surface area contributed by atoms with E-state index >= 15 is 0 Å². The van der Waals surface area contributed by atoms with E-state index in [1.165, 1.54) is 0 Å². The van der Waals surface area contributed by atoms with Gasteiger partial charge in [-0.25, -0.2) is 0 Å². The predicted molar refractivity (Wildman–Crippen MR) is 89.2 cm³/mol. The van der Waals surface area contributed by atoms with E-state index in [4.69, 9.17) is 8.83 Å². The van der Waals surface area contributed by atoms with Gasteiger partial charge in [0.1, 0.15) is 0 Å². The van der Waals surface area contributed by atoms with Gasteiger partial charge in [-0.3, -0.25) is 9.59 Å². The second kappa shape index (κ2) is 6.92. The van der Waals surface area contributed by atoms with E-state index in [-0.39, 0.29) is 11.8 Å². The van der Waals surface area contributed by atoms with E-state index in [1.807, 2.05) is 0 Å². The van der Waals surface area contributed by atoms with Crippen LogP contribution in [0.1, 0.15) is 27.5 Å². The lowest BCUT2D eigenvalue weighted by Crippen LogP contribution is -2.37. The molecule has 0 radical (unpaired) electrons. The quantitative estimate of drug-likeness (QED) is 0.710. The monoisotopic (exact) mass is 444 g/mol. The lowest BCUT2D eigenvalue weighted by molar-refractivity contribution is 0.0685. The van der Waals surface area contributed by atoms with Crippen LogP contribution in [0, 0.1) is 0 Å². The number of carbonyl (C=O) groups is 2. The highest BCUT2D eigenvalue weighted by atomic mass is 79.9. The molecule has 0 bridgehead atoms. The summed E-state index contributed by atoms with van der Waals surface area (Å²) in [6.07, 6.45) is 0.710. The van der Waals surface area contributed by atoms with Crippen molar-refractivity contribution >= 4 is 43.7 Å². The number of amides is 2. The maximum Gasteiger partial charge on any atom is 0.289 e. The highest BCUT2D eigenvalue weighted by molar-refractivity contribution is 9.10. The maximum absolute atomic E-state index is 12.4. The van der Waals surface area contributed by atoms with Gasteiger partial charge in [-0.15, -0.1) is 0 Å². The third kappa shape index (κ3) is 3.69. The zero-order valence-electron chi connectivity index (χ0n) is 12.1. The van der Waals surface area contributed by atoms with Crippen molar-refractivity contribution < 1.29 is 18.4 Å². The van der Waals surface area contributed by atoms with Crippen LogP contribution in [0.3, 0.4) is 0 Å². The lowest BCUT2D eigenvalue weighted by atomic mass is 10.3. The third-order valence-corrected chi connectivity index (χ3v) is 4.49. The van der Waals surface area contributed by atoms with Crippen molar-refractivity contribution in [2.75, 3.05) is 26.2 Å². The Bertz CT molecular complexity index is 664. The van der Waals surface area contributed by atoms with Gasteiger partial charge in [0.15, 0.2) is 20.9 Å². The molecule has 122 valence electrons. The summed E-state index contributed by atoms with van der Waals surface area (Å²) in [5, 5.41) is 0. The van der Waals surface area contributed by atoms with E-state index < -0.39 is 0 Å². The minimum absolute atomic E-state index is 0.161. The molecule has 0 unspecified atom stereocenters. The molecule has 0 aliphatic carbocycles. The third-order valence-electron chi connectivity index (χ3n) is 3.64. The fourth-order valence-corrected chi connectivity index (χ4v) is 3.11. The van der Waals surface area contributed by atoms with Crippen molar-refractivity contribution in [1.82, 2.24) is 9.80 Å². The minimum atomic E-state index is -0.161. The van der Waals surface area contributed by atoms with Gasteiger partial charge in [0.05, 0.1) is 0 Å². The Morgan fingerprint density at radius 1 is 0.783 bits per heavy atom. The number of furan rings is 2. The first-order valence-electron chi connectivity index (χ1n) is 7.14. The molecule has 8 heteroatoms. The molecule has 1 fully saturated rings. The largest absolute Gasteiger partial charge is 0.444 e. The van der Waals surface area contributed by atoms with Crippen LogP contribution in [0.15, 0.2) is 42.4 Å². The number of rotatable bonds is 2. The Hall–Kier alpha value is -1.54. The molecule has 2 aromatic rings. The van der Waals surface area contributed by atoms with Gasteiger partial charge >= 0.3 is 0 Å². The Kier molecular flexibility index (Phi) is 4.91. The van der Waals surface area contributed by atoms with Crippen LogP contribution in [-0.2, 0) is 0 Å². The van der Waals surface area contributed by atoms with Crippen LogP contribution < -0.4 is 0 Å². The molecule has 0 atom stereocenters. The van der Waals surface area contributed by atoms with Gasteiger partial charge in [-0.2, -0.15) is 0 Å². The lowest BCUT2D eigenvalue weighted by Gasteiger charge is -2.20. The van der Waals surface area contributed by atoms with Crippen LogP contribution in [0.5, 0.6) is 0 Å². The molecule has 0 aromatic carbocycles. The summed E-state index contributed by atoms with van der Waals surface area (Å²) in [6.45, 7) is 2.10. The van der Waals surface area contributed by atoms with Gasteiger partial charge in [-0.1, -0.05) is 0 Å². The molecule has 1 aliphatic rings. The highest BCUT2D eigenvalue weighted by Crippen LogP contribution is 2.19. The molecular formula is C15H14Br2N2O4. The molecule has 3 heterocycles. The average molecular weight is 446 g/mol. The minimum Gasteiger partial charge on any atom is -0.444 e. The zero-order chi connectivity index (χ0) is 16.4. The summed E-state index contributed by atoms with van der Waals surface area (Å²) in [5.74, 6) is 0.273. The molecule has 23 heavy (non-hydrogen) atoms. The van der Waals surface area contributed by atoms with Crippen molar-refractivity contribution in [1.29, 1.82) is 0 Å². The van der Waals surface area contributed by atoms with Gasteiger partial charge < -0.3 is 18.6 Å². The van der Waals surface area contributed by atoms with Crippen molar-refractivity contribution in [3.05, 3.63) is 45.1 Å². The smallest absolute Gasteiger partial charge is 0.289 e. The molecular weight excluding hydrogens is 432 g/mol. The Balaban J connectivity index is 1.65. The molecule has 0 saturated carbocycles. The number of carbonyl (C=O) groups excluding carboxylic acids is 2. The highest BCUT2D eigenvalue weighted by Gasteiger charge is 2.26. The molecule has 3 rings (SSSR count). The second-order valence-corrected chi connectivity index (χ2v) is 6.71. The molecule has 6 nitrogen and oxygen atoms in total. The first-order valence-corrected chi connectivity index (χ1v) is 8.72. The fourth-order valence-electron chi connectivity index (χ4n) is 2.49. The number of hydrogen-bond acceptors (Lipinski definition) is 4. The van der Waals surface area contributed by atoms with Crippen molar-refractivity contribution in [2.24, 2.45) is 0 Å². The van der Waals surface area contributed by atoms with Gasteiger partial charge in [-0.05, 0) is 62.5 Å². The van der Waals surface area contributed by atoms with Crippen LogP contribution in [0.4, 0.5) is 0 Å². The number of nitrogens with zero attached hydrogens (tertiary/aromatic N) is 2.